The van der Waals surface area contributed by atoms with E-state index in [1.54, 1.807) is 0 Å². The molecule has 0 aromatic carbocycles. The van der Waals surface area contributed by atoms with E-state index in [1.807, 2.05) is 0 Å². The van der Waals surface area contributed by atoms with Gasteiger partial charge in [0.05, 0.1) is 0 Å². The Labute approximate surface area is 97.3 Å². The van der Waals surface area contributed by atoms with E-state index in [1.165, 1.54) is 43.6 Å². The van der Waals surface area contributed by atoms with E-state index in [4.69, 9.17) is 0 Å². The Kier molecular flexibility index (Phi) is 2.72. The zero-order valence-corrected chi connectivity index (χ0v) is 10.1. The summed E-state index contributed by atoms with van der Waals surface area (Å²) in [5.74, 6) is 2.72. The summed E-state index contributed by atoms with van der Waals surface area (Å²) in [4.78, 5) is 4.67. The van der Waals surface area contributed by atoms with Crippen molar-refractivity contribution in [3.8, 4) is 0 Å². The third-order valence-corrected chi connectivity index (χ3v) is 4.26. The third-order valence-electron chi connectivity index (χ3n) is 4.26. The van der Waals surface area contributed by atoms with Crippen LogP contribution in [0.15, 0.2) is 6.20 Å². The van der Waals surface area contributed by atoms with E-state index in [0.29, 0.717) is 5.92 Å². The van der Waals surface area contributed by atoms with Gasteiger partial charge in [0.2, 0.25) is 0 Å². The van der Waals surface area contributed by atoms with E-state index < -0.39 is 0 Å². The molecule has 1 atom stereocenters. The molecule has 2 aliphatic rings. The first-order valence-electron chi connectivity index (χ1n) is 6.58. The van der Waals surface area contributed by atoms with Crippen LogP contribution in [-0.2, 0) is 7.05 Å². The monoisotopic (exact) mass is 219 g/mol. The van der Waals surface area contributed by atoms with E-state index in [0.717, 1.165) is 19.0 Å². The third kappa shape index (κ3) is 1.67. The Morgan fingerprint density at radius 1 is 1.25 bits per heavy atom. The molecule has 1 N–H and O–H groups in total. The van der Waals surface area contributed by atoms with E-state index in [2.05, 4.69) is 28.1 Å². The van der Waals surface area contributed by atoms with Gasteiger partial charge in [0, 0.05) is 37.3 Å². The van der Waals surface area contributed by atoms with Crippen LogP contribution in [0.5, 0.6) is 0 Å². The molecule has 1 aromatic rings. The Hall–Kier alpha value is -0.830. The Morgan fingerprint density at radius 2 is 2.06 bits per heavy atom. The lowest BCUT2D eigenvalue weighted by atomic mass is 10.0. The second-order valence-corrected chi connectivity index (χ2v) is 5.27. The highest BCUT2D eigenvalue weighted by molar-refractivity contribution is 5.15. The van der Waals surface area contributed by atoms with Crippen molar-refractivity contribution in [3.05, 3.63) is 17.7 Å². The van der Waals surface area contributed by atoms with Crippen molar-refractivity contribution in [2.75, 3.05) is 13.1 Å². The first-order valence-corrected chi connectivity index (χ1v) is 6.58. The predicted octanol–water partition coefficient (Wildman–Crippen LogP) is 2.15. The van der Waals surface area contributed by atoms with Crippen LogP contribution in [0, 0.1) is 0 Å². The normalized spacial score (nSPS) is 26.7. The summed E-state index contributed by atoms with van der Waals surface area (Å²) in [5.41, 5.74) is 1.47. The molecule has 3 nitrogen and oxygen atoms in total. The Balaban J connectivity index is 1.84. The summed E-state index contributed by atoms with van der Waals surface area (Å²) in [5, 5.41) is 3.42. The van der Waals surface area contributed by atoms with Crippen molar-refractivity contribution < 1.29 is 0 Å². The molecule has 2 heterocycles. The van der Waals surface area contributed by atoms with Gasteiger partial charge < -0.3 is 9.88 Å². The average molecular weight is 219 g/mol. The van der Waals surface area contributed by atoms with Gasteiger partial charge in [-0.2, -0.15) is 0 Å². The first-order chi connectivity index (χ1) is 7.86. The second kappa shape index (κ2) is 4.21. The summed E-state index contributed by atoms with van der Waals surface area (Å²) in [7, 11) is 2.20. The zero-order chi connectivity index (χ0) is 11.0. The van der Waals surface area contributed by atoms with E-state index in [-0.39, 0.29) is 0 Å². The van der Waals surface area contributed by atoms with E-state index >= 15 is 0 Å². The van der Waals surface area contributed by atoms with Crippen LogP contribution >= 0.6 is 0 Å². The van der Waals surface area contributed by atoms with Gasteiger partial charge in [-0.05, 0) is 25.8 Å². The van der Waals surface area contributed by atoms with Gasteiger partial charge in [-0.3, -0.25) is 0 Å². The van der Waals surface area contributed by atoms with Gasteiger partial charge in [-0.25, -0.2) is 4.98 Å². The molecule has 1 aliphatic heterocycles. The number of hydrogen-bond acceptors (Lipinski definition) is 2. The fourth-order valence-electron chi connectivity index (χ4n) is 3.29. The van der Waals surface area contributed by atoms with Crippen LogP contribution < -0.4 is 5.32 Å². The summed E-state index contributed by atoms with van der Waals surface area (Å²) >= 11 is 0. The molecule has 3 heteroatoms. The van der Waals surface area contributed by atoms with Gasteiger partial charge >= 0.3 is 0 Å². The molecule has 1 aliphatic carbocycles. The van der Waals surface area contributed by atoms with Gasteiger partial charge in [0.1, 0.15) is 5.82 Å². The lowest BCUT2D eigenvalue weighted by Crippen LogP contribution is -2.12. The summed E-state index contributed by atoms with van der Waals surface area (Å²) in [6.07, 6.45) is 8.90. The van der Waals surface area contributed by atoms with Crippen LogP contribution in [0.25, 0.3) is 0 Å². The van der Waals surface area contributed by atoms with Crippen LogP contribution in [-0.4, -0.2) is 22.6 Å². The fraction of sp³-hybridized carbons (Fsp3) is 0.769. The molecule has 1 unspecified atom stereocenters. The number of hydrogen-bond donors (Lipinski definition) is 1. The van der Waals surface area contributed by atoms with Gasteiger partial charge in [0.25, 0.3) is 0 Å². The average Bonchev–Trinajstić information content (AvgIpc) is 2.96. The van der Waals surface area contributed by atoms with Crippen molar-refractivity contribution in [2.24, 2.45) is 7.05 Å². The minimum absolute atomic E-state index is 0.639. The molecule has 1 saturated heterocycles. The van der Waals surface area contributed by atoms with E-state index in [9.17, 15) is 0 Å². The topological polar surface area (TPSA) is 29.9 Å². The Morgan fingerprint density at radius 3 is 2.75 bits per heavy atom. The number of nitrogens with one attached hydrogen (secondary N) is 1. The lowest BCUT2D eigenvalue weighted by molar-refractivity contribution is 0.608. The lowest BCUT2D eigenvalue weighted by Gasteiger charge is -2.13. The molecular weight excluding hydrogens is 198 g/mol. The molecular formula is C13H21N3. The molecule has 0 radical (unpaired) electrons. The van der Waals surface area contributed by atoms with Gasteiger partial charge in [0.15, 0.2) is 0 Å². The zero-order valence-electron chi connectivity index (χ0n) is 10.1. The van der Waals surface area contributed by atoms with Crippen molar-refractivity contribution in [2.45, 2.75) is 43.9 Å². The largest absolute Gasteiger partial charge is 0.335 e. The summed E-state index contributed by atoms with van der Waals surface area (Å²) in [6, 6.07) is 0. The van der Waals surface area contributed by atoms with Crippen LogP contribution in [0.3, 0.4) is 0 Å². The quantitative estimate of drug-likeness (QED) is 0.826. The Bertz CT molecular complexity index is 324. The molecule has 1 aromatic heterocycles. The highest BCUT2D eigenvalue weighted by atomic mass is 15.1. The molecule has 2 fully saturated rings. The molecule has 16 heavy (non-hydrogen) atoms. The molecule has 0 amide bonds. The minimum atomic E-state index is 0.639. The minimum Gasteiger partial charge on any atom is -0.335 e. The maximum atomic E-state index is 4.67. The summed E-state index contributed by atoms with van der Waals surface area (Å²) < 4.78 is 2.37. The van der Waals surface area contributed by atoms with Crippen LogP contribution in [0.2, 0.25) is 0 Å². The highest BCUT2D eigenvalue weighted by Gasteiger charge is 2.25. The summed E-state index contributed by atoms with van der Waals surface area (Å²) in [6.45, 7) is 2.26. The van der Waals surface area contributed by atoms with Crippen LogP contribution in [0.4, 0.5) is 0 Å². The molecule has 0 bridgehead atoms. The molecule has 1 saturated carbocycles. The second-order valence-electron chi connectivity index (χ2n) is 5.27. The molecule has 0 spiro atoms. The molecule has 88 valence electrons. The highest BCUT2D eigenvalue weighted by Crippen LogP contribution is 2.35. The number of imidazole rings is 1. The van der Waals surface area contributed by atoms with Gasteiger partial charge in [-0.1, -0.05) is 12.8 Å². The number of aromatic nitrogens is 2. The number of rotatable bonds is 2. The van der Waals surface area contributed by atoms with Gasteiger partial charge in [-0.15, -0.1) is 0 Å². The van der Waals surface area contributed by atoms with Crippen molar-refractivity contribution >= 4 is 0 Å². The fourth-order valence-corrected chi connectivity index (χ4v) is 3.29. The SMILES string of the molecule is Cn1c(C2CCCC2)cnc1C1CCNC1. The predicted molar refractivity (Wildman–Crippen MR) is 64.6 cm³/mol. The van der Waals surface area contributed by atoms with Crippen molar-refractivity contribution in [1.29, 1.82) is 0 Å². The first kappa shape index (κ1) is 10.3. The maximum absolute atomic E-state index is 4.67. The van der Waals surface area contributed by atoms with Crippen molar-refractivity contribution in [3.63, 3.8) is 0 Å². The standard InChI is InChI=1S/C13H21N3/c1-16-12(10-4-2-3-5-10)9-15-13(16)11-6-7-14-8-11/h9-11,14H,2-8H2,1H3. The van der Waals surface area contributed by atoms with Crippen LogP contribution in [0.1, 0.15) is 55.5 Å². The molecule has 3 rings (SSSR count). The smallest absolute Gasteiger partial charge is 0.113 e. The van der Waals surface area contributed by atoms with Crippen molar-refractivity contribution in [1.82, 2.24) is 14.9 Å². The number of nitrogens with zero attached hydrogens (tertiary/aromatic N) is 2. The maximum Gasteiger partial charge on any atom is 0.113 e.